The van der Waals surface area contributed by atoms with Crippen LogP contribution in [-0.2, 0) is 6.42 Å². The fraction of sp³-hybridized carbons (Fsp3) is 0.533. The number of rotatable bonds is 3. The Morgan fingerprint density at radius 1 is 1.33 bits per heavy atom. The zero-order valence-electron chi connectivity index (χ0n) is 11.1. The molecule has 3 heteroatoms. The van der Waals surface area contributed by atoms with E-state index >= 15 is 0 Å². The van der Waals surface area contributed by atoms with E-state index in [0.717, 1.165) is 19.0 Å². The Labute approximate surface area is 109 Å². The number of hydrogen-bond acceptors (Lipinski definition) is 1. The SMILES string of the molecule is CCN(CC)C(N)=NC1C2Cc3ccccc3C21. The van der Waals surface area contributed by atoms with Gasteiger partial charge in [0.05, 0.1) is 6.04 Å². The Morgan fingerprint density at radius 2 is 2.06 bits per heavy atom. The Bertz CT molecular complexity index is 476. The predicted molar refractivity (Wildman–Crippen MR) is 74.7 cm³/mol. The molecule has 0 aromatic heterocycles. The van der Waals surface area contributed by atoms with Gasteiger partial charge in [0.1, 0.15) is 0 Å². The van der Waals surface area contributed by atoms with Crippen LogP contribution in [0.4, 0.5) is 0 Å². The largest absolute Gasteiger partial charge is 0.370 e. The summed E-state index contributed by atoms with van der Waals surface area (Å²) in [6, 6.07) is 9.19. The van der Waals surface area contributed by atoms with Crippen molar-refractivity contribution in [1.29, 1.82) is 0 Å². The Kier molecular flexibility index (Phi) is 2.77. The van der Waals surface area contributed by atoms with Gasteiger partial charge >= 0.3 is 0 Å². The maximum atomic E-state index is 6.08. The average molecular weight is 243 g/mol. The third-order valence-electron chi connectivity index (χ3n) is 4.37. The van der Waals surface area contributed by atoms with Crippen LogP contribution >= 0.6 is 0 Å². The number of aliphatic imine (C=N–C) groups is 1. The number of fused-ring (bicyclic) bond motifs is 3. The summed E-state index contributed by atoms with van der Waals surface area (Å²) in [5.41, 5.74) is 9.10. The maximum absolute atomic E-state index is 6.08. The highest BCUT2D eigenvalue weighted by Gasteiger charge is 2.56. The van der Waals surface area contributed by atoms with Gasteiger partial charge in [-0.1, -0.05) is 24.3 Å². The van der Waals surface area contributed by atoms with Crippen LogP contribution in [0.25, 0.3) is 0 Å². The van der Waals surface area contributed by atoms with Crippen LogP contribution in [-0.4, -0.2) is 30.0 Å². The van der Waals surface area contributed by atoms with E-state index in [1.54, 1.807) is 0 Å². The van der Waals surface area contributed by atoms with Gasteiger partial charge in [-0.05, 0) is 37.3 Å². The Morgan fingerprint density at radius 3 is 2.78 bits per heavy atom. The molecule has 3 rings (SSSR count). The maximum Gasteiger partial charge on any atom is 0.191 e. The molecule has 2 aliphatic rings. The van der Waals surface area contributed by atoms with Gasteiger partial charge in [0.2, 0.25) is 0 Å². The minimum Gasteiger partial charge on any atom is -0.370 e. The first kappa shape index (κ1) is 11.6. The summed E-state index contributed by atoms with van der Waals surface area (Å²) in [5, 5.41) is 0. The van der Waals surface area contributed by atoms with Gasteiger partial charge in [-0.15, -0.1) is 0 Å². The van der Waals surface area contributed by atoms with Crippen molar-refractivity contribution in [1.82, 2.24) is 4.90 Å². The lowest BCUT2D eigenvalue weighted by atomic mass is 10.1. The van der Waals surface area contributed by atoms with E-state index in [-0.39, 0.29) is 0 Å². The third-order valence-corrected chi connectivity index (χ3v) is 4.37. The topological polar surface area (TPSA) is 41.6 Å². The summed E-state index contributed by atoms with van der Waals surface area (Å²) in [7, 11) is 0. The molecule has 1 aromatic carbocycles. The Balaban J connectivity index is 1.75. The van der Waals surface area contributed by atoms with Crippen LogP contribution < -0.4 is 5.73 Å². The molecule has 0 radical (unpaired) electrons. The van der Waals surface area contributed by atoms with Gasteiger partial charge in [-0.2, -0.15) is 0 Å². The van der Waals surface area contributed by atoms with Gasteiger partial charge in [-0.25, -0.2) is 4.99 Å². The molecule has 1 aromatic rings. The third kappa shape index (κ3) is 1.69. The molecule has 0 aliphatic heterocycles. The van der Waals surface area contributed by atoms with E-state index in [1.165, 1.54) is 17.5 Å². The molecule has 18 heavy (non-hydrogen) atoms. The van der Waals surface area contributed by atoms with Gasteiger partial charge in [-0.3, -0.25) is 0 Å². The number of guanidine groups is 1. The fourth-order valence-electron chi connectivity index (χ4n) is 3.28. The molecule has 3 unspecified atom stereocenters. The second kappa shape index (κ2) is 4.30. The first-order chi connectivity index (χ1) is 8.76. The highest BCUT2D eigenvalue weighted by Crippen LogP contribution is 2.58. The van der Waals surface area contributed by atoms with Crippen LogP contribution in [0.15, 0.2) is 29.3 Å². The predicted octanol–water partition coefficient (Wildman–Crippen LogP) is 1.98. The van der Waals surface area contributed by atoms with Crippen molar-refractivity contribution in [3.8, 4) is 0 Å². The summed E-state index contributed by atoms with van der Waals surface area (Å²) in [6.45, 7) is 6.11. The molecular formula is C15H21N3. The van der Waals surface area contributed by atoms with Crippen molar-refractivity contribution in [3.05, 3.63) is 35.4 Å². The molecule has 3 atom stereocenters. The quantitative estimate of drug-likeness (QED) is 0.651. The van der Waals surface area contributed by atoms with E-state index in [1.807, 2.05) is 0 Å². The summed E-state index contributed by atoms with van der Waals surface area (Å²) in [5.74, 6) is 2.06. The first-order valence-corrected chi connectivity index (χ1v) is 6.92. The van der Waals surface area contributed by atoms with Crippen LogP contribution in [0.5, 0.6) is 0 Å². The lowest BCUT2D eigenvalue weighted by molar-refractivity contribution is 0.457. The van der Waals surface area contributed by atoms with Gasteiger partial charge in [0.15, 0.2) is 5.96 Å². The van der Waals surface area contributed by atoms with Crippen molar-refractivity contribution < 1.29 is 0 Å². The van der Waals surface area contributed by atoms with E-state index in [2.05, 4.69) is 43.0 Å². The Hall–Kier alpha value is -1.51. The highest BCUT2D eigenvalue weighted by molar-refractivity contribution is 5.78. The first-order valence-electron chi connectivity index (χ1n) is 6.92. The molecule has 3 nitrogen and oxygen atoms in total. The molecule has 2 aliphatic carbocycles. The second-order valence-corrected chi connectivity index (χ2v) is 5.24. The van der Waals surface area contributed by atoms with Crippen LogP contribution in [0.2, 0.25) is 0 Å². The van der Waals surface area contributed by atoms with Crippen LogP contribution in [0.3, 0.4) is 0 Å². The van der Waals surface area contributed by atoms with Crippen molar-refractivity contribution in [2.75, 3.05) is 13.1 Å². The van der Waals surface area contributed by atoms with Gasteiger partial charge in [0, 0.05) is 19.0 Å². The molecule has 0 amide bonds. The van der Waals surface area contributed by atoms with Crippen molar-refractivity contribution >= 4 is 5.96 Å². The van der Waals surface area contributed by atoms with E-state index in [4.69, 9.17) is 10.7 Å². The average Bonchev–Trinajstić information content (AvgIpc) is 2.89. The molecule has 2 N–H and O–H groups in total. The normalized spacial score (nSPS) is 28.8. The molecule has 1 fully saturated rings. The van der Waals surface area contributed by atoms with E-state index in [0.29, 0.717) is 17.9 Å². The molecule has 96 valence electrons. The van der Waals surface area contributed by atoms with Crippen molar-refractivity contribution in [2.45, 2.75) is 32.2 Å². The zero-order chi connectivity index (χ0) is 12.7. The summed E-state index contributed by atoms with van der Waals surface area (Å²) in [4.78, 5) is 6.86. The molecule has 0 bridgehead atoms. The van der Waals surface area contributed by atoms with Crippen LogP contribution in [0, 0.1) is 5.92 Å². The van der Waals surface area contributed by atoms with Crippen LogP contribution in [0.1, 0.15) is 30.9 Å². The molecule has 0 spiro atoms. The molecular weight excluding hydrogens is 222 g/mol. The molecule has 0 saturated heterocycles. The second-order valence-electron chi connectivity index (χ2n) is 5.24. The number of nitrogens with zero attached hydrogens (tertiary/aromatic N) is 2. The minimum absolute atomic E-state index is 0.431. The summed E-state index contributed by atoms with van der Waals surface area (Å²) < 4.78 is 0. The monoisotopic (exact) mass is 243 g/mol. The van der Waals surface area contributed by atoms with E-state index in [9.17, 15) is 0 Å². The molecule has 1 saturated carbocycles. The lowest BCUT2D eigenvalue weighted by Crippen LogP contribution is -2.37. The summed E-state index contributed by atoms with van der Waals surface area (Å²) in [6.07, 6.45) is 1.18. The smallest absolute Gasteiger partial charge is 0.191 e. The number of benzene rings is 1. The lowest BCUT2D eigenvalue weighted by Gasteiger charge is -2.19. The zero-order valence-corrected chi connectivity index (χ0v) is 11.1. The van der Waals surface area contributed by atoms with Crippen molar-refractivity contribution in [3.63, 3.8) is 0 Å². The van der Waals surface area contributed by atoms with E-state index < -0.39 is 0 Å². The van der Waals surface area contributed by atoms with Gasteiger partial charge < -0.3 is 10.6 Å². The fourth-order valence-corrected chi connectivity index (χ4v) is 3.28. The minimum atomic E-state index is 0.431. The number of nitrogens with two attached hydrogens (primary N) is 1. The molecule has 0 heterocycles. The number of hydrogen-bond donors (Lipinski definition) is 1. The van der Waals surface area contributed by atoms with Gasteiger partial charge in [0.25, 0.3) is 0 Å². The standard InChI is InChI=1S/C15H21N3/c1-3-18(4-2)15(16)17-14-12-9-10-7-5-6-8-11(10)13(12)14/h5-8,12-14H,3-4,9H2,1-2H3,(H2,16,17). The summed E-state index contributed by atoms with van der Waals surface area (Å²) >= 11 is 0. The van der Waals surface area contributed by atoms with Crippen molar-refractivity contribution in [2.24, 2.45) is 16.6 Å². The highest BCUT2D eigenvalue weighted by atomic mass is 15.3.